The van der Waals surface area contributed by atoms with Crippen LogP contribution in [0.5, 0.6) is 0 Å². The maximum Gasteiger partial charge on any atom is -1.00 e. The summed E-state index contributed by atoms with van der Waals surface area (Å²) in [5.74, 6) is 0.657. The van der Waals surface area contributed by atoms with Crippen LogP contribution < -0.4 is 24.8 Å². The number of hydrogen-bond donors (Lipinski definition) is 0. The molecule has 146 valence electrons. The van der Waals surface area contributed by atoms with Crippen LogP contribution in [-0.4, -0.2) is 6.19 Å². The summed E-state index contributed by atoms with van der Waals surface area (Å²) in [5.41, 5.74) is 11.0. The number of allylic oxidation sites excluding steroid dienone is 4. The van der Waals surface area contributed by atoms with Gasteiger partial charge in [0.15, 0.2) is 0 Å². The fourth-order valence-corrected chi connectivity index (χ4v) is 18.5. The molecule has 0 heterocycles. The zero-order valence-corrected chi connectivity index (χ0v) is 21.6. The number of hydrogen-bond acceptors (Lipinski definition) is 0. The van der Waals surface area contributed by atoms with Crippen molar-refractivity contribution in [1.29, 1.82) is 0 Å². The first kappa shape index (κ1) is 23.7. The van der Waals surface area contributed by atoms with E-state index in [1.807, 2.05) is 3.88 Å². The molecule has 4 heteroatoms. The van der Waals surface area contributed by atoms with Gasteiger partial charge in [-0.1, -0.05) is 0 Å². The SMILES string of the molecule is CC1=C(C)C(C)[C]([Ti+2]([CH]2c3ccccc3-c3ccccc32)=[Si](C)C)=C1C.[Cl-].[Cl-]. The van der Waals surface area contributed by atoms with E-state index in [0.29, 0.717) is 10.1 Å². The Morgan fingerprint density at radius 3 is 1.61 bits per heavy atom. The predicted molar refractivity (Wildman–Crippen MR) is 111 cm³/mol. The average molecular weight is 463 g/mol. The molecule has 0 saturated carbocycles. The minimum Gasteiger partial charge on any atom is -1.00 e. The van der Waals surface area contributed by atoms with Gasteiger partial charge in [0.05, 0.1) is 0 Å². The van der Waals surface area contributed by atoms with Crippen LogP contribution >= 0.6 is 0 Å². The van der Waals surface area contributed by atoms with E-state index < -0.39 is 16.6 Å². The largest absolute Gasteiger partial charge is 1.00 e. The van der Waals surface area contributed by atoms with Gasteiger partial charge in [-0.2, -0.15) is 0 Å². The molecule has 2 aliphatic carbocycles. The van der Waals surface area contributed by atoms with Crippen LogP contribution in [0.15, 0.2) is 69.1 Å². The van der Waals surface area contributed by atoms with Crippen LogP contribution in [0, 0.1) is 5.92 Å². The molecule has 1 unspecified atom stereocenters. The van der Waals surface area contributed by atoms with E-state index in [9.17, 15) is 0 Å². The summed E-state index contributed by atoms with van der Waals surface area (Å²) in [4.78, 5) is 0. The van der Waals surface area contributed by atoms with Crippen molar-refractivity contribution in [2.75, 3.05) is 0 Å². The molecule has 2 aromatic rings. The summed E-state index contributed by atoms with van der Waals surface area (Å²) in [6.07, 6.45) is -0.351. The average Bonchev–Trinajstić information content (AvgIpc) is 3.06. The maximum atomic E-state index is 2.58. The Hall–Kier alpha value is -0.569. The van der Waals surface area contributed by atoms with Crippen molar-refractivity contribution in [3.8, 4) is 11.1 Å². The van der Waals surface area contributed by atoms with Crippen LogP contribution in [0.25, 0.3) is 11.1 Å². The fraction of sp³-hybridized carbons (Fsp3) is 0.333. The van der Waals surface area contributed by atoms with Crippen molar-refractivity contribution in [3.05, 3.63) is 80.3 Å². The summed E-state index contributed by atoms with van der Waals surface area (Å²) >= 11 is -1.50. The Morgan fingerprint density at radius 2 is 1.21 bits per heavy atom. The molecule has 0 nitrogen and oxygen atoms in total. The van der Waals surface area contributed by atoms with Gasteiger partial charge in [0.2, 0.25) is 0 Å². The minimum atomic E-state index is -1.50. The summed E-state index contributed by atoms with van der Waals surface area (Å²) in [6, 6.07) is 18.4. The topological polar surface area (TPSA) is 0 Å². The standard InChI is InChI=1S/C13H9.C9H13.C2H6Si.2ClH.Ti/c1-3-7-12-10(5-1)9-11-6-2-4-8-13(11)12;1-6-5-7(2)9(4)8(6)3;1-3-2;;;/h1-9H;6H,1-4H3;1-2H3;2*1H;/q;;;;;+2/p-2. The van der Waals surface area contributed by atoms with Crippen molar-refractivity contribution in [1.82, 2.24) is 0 Å². The van der Waals surface area contributed by atoms with E-state index in [2.05, 4.69) is 89.3 Å². The van der Waals surface area contributed by atoms with Crippen LogP contribution in [0.4, 0.5) is 0 Å². The molecule has 2 aromatic carbocycles. The molecule has 0 fully saturated rings. The predicted octanol–water partition coefficient (Wildman–Crippen LogP) is 0.894. The first-order valence-electron chi connectivity index (χ1n) is 9.68. The van der Waals surface area contributed by atoms with E-state index >= 15 is 0 Å². The number of fused-ring (bicyclic) bond motifs is 3. The molecule has 0 aliphatic heterocycles. The van der Waals surface area contributed by atoms with Crippen molar-refractivity contribution in [2.24, 2.45) is 5.92 Å². The van der Waals surface area contributed by atoms with E-state index in [1.165, 1.54) is 11.1 Å². The second kappa shape index (κ2) is 9.06. The van der Waals surface area contributed by atoms with Crippen LogP contribution in [0.2, 0.25) is 13.1 Å². The number of rotatable bonds is 2. The van der Waals surface area contributed by atoms with Gasteiger partial charge < -0.3 is 24.8 Å². The van der Waals surface area contributed by atoms with E-state index in [-0.39, 0.29) is 31.0 Å². The third kappa shape index (κ3) is 3.55. The Labute approximate surface area is 189 Å². The summed E-state index contributed by atoms with van der Waals surface area (Å²) in [7, 11) is 0. The molecule has 1 atom stereocenters. The minimum absolute atomic E-state index is 0. The molecule has 0 N–H and O–H groups in total. The third-order valence-electron chi connectivity index (χ3n) is 6.59. The second-order valence-electron chi connectivity index (χ2n) is 8.09. The Kier molecular flexibility index (Phi) is 7.67. The Morgan fingerprint density at radius 1 is 0.750 bits per heavy atom. The number of benzene rings is 2. The smallest absolute Gasteiger partial charge is 1.00 e. The monoisotopic (exact) mass is 462 g/mol. The fourth-order valence-electron chi connectivity index (χ4n) is 4.98. The van der Waals surface area contributed by atoms with Crippen molar-refractivity contribution >= 4 is 6.19 Å². The van der Waals surface area contributed by atoms with Gasteiger partial charge in [0.1, 0.15) is 0 Å². The molecular weight excluding hydrogens is 435 g/mol. The summed E-state index contributed by atoms with van der Waals surface area (Å²) < 4.78 is 2.56. The molecule has 0 radical (unpaired) electrons. The molecular formula is C24H28Cl2SiTi. The molecule has 0 amide bonds. The number of halogens is 2. The van der Waals surface area contributed by atoms with Gasteiger partial charge in [-0.25, -0.2) is 0 Å². The molecule has 0 bridgehead atoms. The Bertz CT molecular complexity index is 967. The van der Waals surface area contributed by atoms with Crippen LogP contribution in [0.1, 0.15) is 43.0 Å². The quantitative estimate of drug-likeness (QED) is 0.581. The van der Waals surface area contributed by atoms with Gasteiger partial charge in [0, 0.05) is 0 Å². The zero-order chi connectivity index (χ0) is 18.6. The normalized spacial score (nSPS) is 17.4. The molecule has 2 aliphatic rings. The molecule has 28 heavy (non-hydrogen) atoms. The molecule has 0 aromatic heterocycles. The van der Waals surface area contributed by atoms with Gasteiger partial charge in [0.25, 0.3) is 0 Å². The van der Waals surface area contributed by atoms with Crippen molar-refractivity contribution < 1.29 is 41.4 Å². The molecule has 0 saturated heterocycles. The van der Waals surface area contributed by atoms with Gasteiger partial charge in [-0.05, 0) is 0 Å². The third-order valence-corrected chi connectivity index (χ3v) is 19.1. The van der Waals surface area contributed by atoms with E-state index in [4.69, 9.17) is 0 Å². The van der Waals surface area contributed by atoms with E-state index in [1.54, 1.807) is 27.8 Å². The van der Waals surface area contributed by atoms with Crippen LogP contribution in [-0.2, 0) is 16.6 Å². The molecule has 4 rings (SSSR count). The summed E-state index contributed by atoms with van der Waals surface area (Å²) in [5, 5.41) is 0. The van der Waals surface area contributed by atoms with E-state index in [0.717, 1.165) is 0 Å². The zero-order valence-electron chi connectivity index (χ0n) is 17.5. The molecule has 0 spiro atoms. The van der Waals surface area contributed by atoms with Crippen molar-refractivity contribution in [3.63, 3.8) is 0 Å². The maximum absolute atomic E-state index is 2.58. The van der Waals surface area contributed by atoms with Gasteiger partial charge in [-0.15, -0.1) is 0 Å². The first-order chi connectivity index (χ1) is 12.4. The summed E-state index contributed by atoms with van der Waals surface area (Å²) in [6.45, 7) is 14.7. The Balaban J connectivity index is 0.00000140. The first-order valence-corrected chi connectivity index (χ1v) is 16.2. The second-order valence-corrected chi connectivity index (χ2v) is 20.0. The van der Waals surface area contributed by atoms with Crippen LogP contribution in [0.3, 0.4) is 0 Å². The van der Waals surface area contributed by atoms with Gasteiger partial charge in [-0.3, -0.25) is 0 Å². The van der Waals surface area contributed by atoms with Gasteiger partial charge >= 0.3 is 165 Å². The van der Waals surface area contributed by atoms with Crippen molar-refractivity contribution in [2.45, 2.75) is 45.0 Å².